The van der Waals surface area contributed by atoms with Crippen LogP contribution < -0.4 is 24.0 Å². The van der Waals surface area contributed by atoms with Crippen LogP contribution in [0.3, 0.4) is 0 Å². The summed E-state index contributed by atoms with van der Waals surface area (Å²) in [7, 11) is 5.13. The molecule has 7 nitrogen and oxygen atoms in total. The molecular weight excluding hydrogens is 621 g/mol. The Morgan fingerprint density at radius 3 is 1.06 bits per heavy atom. The standard InChI is InChI=1S/3C7H7O.2C2H4O2.Bi/c3*1-8-7-5-3-2-4-6-7;2*1-2(3)4;/h3*2-3,5-6H,1H3;2*1H3,(H,3,4);. The molecule has 0 aliphatic rings. The number of ether oxygens (including phenoxy) is 3. The molecule has 0 heterocycles. The minimum atomic E-state index is -2.48. The maximum atomic E-state index is 9.00. The number of carbonyl (C=O) groups is 2. The van der Waals surface area contributed by atoms with Crippen molar-refractivity contribution in [2.24, 2.45) is 0 Å². The molecule has 0 atom stereocenters. The zero-order chi connectivity index (χ0) is 24.8. The number of methoxy groups -OCH3 is 3. The second kappa shape index (κ2) is 14.9. The van der Waals surface area contributed by atoms with E-state index >= 15 is 0 Å². The van der Waals surface area contributed by atoms with Gasteiger partial charge in [0.2, 0.25) is 0 Å². The molecule has 3 rings (SSSR count). The number of hydrogen-bond acceptors (Lipinski definition) is 5. The Hall–Kier alpha value is -3.12. The molecule has 33 heavy (non-hydrogen) atoms. The predicted octanol–water partition coefficient (Wildman–Crippen LogP) is 2.41. The van der Waals surface area contributed by atoms with E-state index in [1.54, 1.807) is 21.3 Å². The molecule has 2 N–H and O–H groups in total. The van der Waals surface area contributed by atoms with Crippen LogP contribution in [0.15, 0.2) is 72.8 Å². The monoisotopic (exact) mass is 650 g/mol. The second-order valence-electron chi connectivity index (χ2n) is 6.48. The SMILES string of the molecule is CC(=O)O.CC(=O)O.COc1ccc[c]([Bi]([c]2cccc(OC)c2)[c]2cccc(OC)c2)c1. The molecule has 176 valence electrons. The molecule has 0 bridgehead atoms. The van der Waals surface area contributed by atoms with E-state index in [0.717, 1.165) is 31.1 Å². The summed E-state index contributed by atoms with van der Waals surface area (Å²) in [4.78, 5) is 18.0. The van der Waals surface area contributed by atoms with Crippen molar-refractivity contribution in [1.29, 1.82) is 0 Å². The Labute approximate surface area is 202 Å². The van der Waals surface area contributed by atoms with E-state index in [-0.39, 0.29) is 0 Å². The molecule has 0 radical (unpaired) electrons. The number of hydrogen-bond donors (Lipinski definition) is 2. The van der Waals surface area contributed by atoms with Crippen LogP contribution in [0.25, 0.3) is 0 Å². The third kappa shape index (κ3) is 10.4. The first-order valence-corrected chi connectivity index (χ1v) is 15.0. The van der Waals surface area contributed by atoms with Crippen LogP contribution in [-0.2, 0) is 9.59 Å². The van der Waals surface area contributed by atoms with Gasteiger partial charge in [-0.15, -0.1) is 0 Å². The van der Waals surface area contributed by atoms with Crippen molar-refractivity contribution in [2.45, 2.75) is 13.8 Å². The molecule has 0 fully saturated rings. The number of aliphatic carboxylic acids is 2. The summed E-state index contributed by atoms with van der Waals surface area (Å²) in [6, 6.07) is 25.3. The fraction of sp³-hybridized carbons (Fsp3) is 0.200. The van der Waals surface area contributed by atoms with Crippen LogP contribution in [0.5, 0.6) is 17.2 Å². The van der Waals surface area contributed by atoms with Gasteiger partial charge in [-0.2, -0.15) is 0 Å². The zero-order valence-corrected chi connectivity index (χ0v) is 22.8. The van der Waals surface area contributed by atoms with Crippen LogP contribution in [0.2, 0.25) is 0 Å². The molecule has 0 saturated heterocycles. The van der Waals surface area contributed by atoms with Gasteiger partial charge in [0.15, 0.2) is 0 Å². The summed E-state index contributed by atoms with van der Waals surface area (Å²) in [5, 5.41) is 14.8. The summed E-state index contributed by atoms with van der Waals surface area (Å²) in [6.07, 6.45) is 0. The quantitative estimate of drug-likeness (QED) is 0.396. The van der Waals surface area contributed by atoms with Gasteiger partial charge in [-0.25, -0.2) is 0 Å². The van der Waals surface area contributed by atoms with Gasteiger partial charge in [-0.05, 0) is 0 Å². The fourth-order valence-electron chi connectivity index (χ4n) is 2.70. The van der Waals surface area contributed by atoms with E-state index in [4.69, 9.17) is 34.0 Å². The van der Waals surface area contributed by atoms with Gasteiger partial charge in [-0.1, -0.05) is 0 Å². The van der Waals surface area contributed by atoms with Crippen molar-refractivity contribution in [3.8, 4) is 17.2 Å². The van der Waals surface area contributed by atoms with Gasteiger partial charge >= 0.3 is 157 Å². The topological polar surface area (TPSA) is 102 Å². The molecule has 8 heteroatoms. The molecule has 0 aromatic heterocycles. The van der Waals surface area contributed by atoms with E-state index in [9.17, 15) is 0 Å². The Kier molecular flexibility index (Phi) is 12.6. The predicted molar refractivity (Wildman–Crippen MR) is 130 cm³/mol. The summed E-state index contributed by atoms with van der Waals surface area (Å²) in [5.41, 5.74) is 0. The average Bonchev–Trinajstić information content (AvgIpc) is 2.79. The Bertz CT molecular complexity index is 904. The fourth-order valence-corrected chi connectivity index (χ4v) is 11.9. The molecule has 0 aliphatic carbocycles. The Balaban J connectivity index is 0.000000591. The molecule has 0 aliphatic heterocycles. The van der Waals surface area contributed by atoms with Gasteiger partial charge in [0.1, 0.15) is 0 Å². The van der Waals surface area contributed by atoms with Gasteiger partial charge in [0.25, 0.3) is 11.9 Å². The van der Waals surface area contributed by atoms with Crippen molar-refractivity contribution < 1.29 is 34.0 Å². The first-order valence-electron chi connectivity index (χ1n) is 9.83. The van der Waals surface area contributed by atoms with Gasteiger partial charge in [-0.3, -0.25) is 9.59 Å². The molecular formula is C25H29BiO7. The van der Waals surface area contributed by atoms with Gasteiger partial charge in [0, 0.05) is 13.8 Å². The van der Waals surface area contributed by atoms with Crippen molar-refractivity contribution in [2.75, 3.05) is 21.3 Å². The van der Waals surface area contributed by atoms with Crippen molar-refractivity contribution in [1.82, 2.24) is 0 Å². The second-order valence-corrected chi connectivity index (χ2v) is 15.1. The molecule has 0 amide bonds. The van der Waals surface area contributed by atoms with Crippen LogP contribution in [0.4, 0.5) is 0 Å². The molecule has 0 spiro atoms. The van der Waals surface area contributed by atoms with E-state index in [1.807, 2.05) is 18.2 Å². The Morgan fingerprint density at radius 2 is 0.848 bits per heavy atom. The van der Waals surface area contributed by atoms with Gasteiger partial charge in [0.05, 0.1) is 0 Å². The summed E-state index contributed by atoms with van der Waals surface area (Å²) in [5.74, 6) is 1.01. The molecule has 0 saturated carbocycles. The maximum absolute atomic E-state index is 9.00. The molecule has 3 aromatic rings. The van der Waals surface area contributed by atoms with Crippen molar-refractivity contribution >= 4 is 43.5 Å². The van der Waals surface area contributed by atoms with Crippen molar-refractivity contribution in [3.63, 3.8) is 0 Å². The Morgan fingerprint density at radius 1 is 0.606 bits per heavy atom. The summed E-state index contributed by atoms with van der Waals surface area (Å²) < 4.78 is 20.4. The number of rotatable bonds is 6. The average molecular weight is 650 g/mol. The minimum absolute atomic E-state index is 0.833. The summed E-state index contributed by atoms with van der Waals surface area (Å²) in [6.45, 7) is 2.17. The van der Waals surface area contributed by atoms with E-state index in [1.165, 1.54) is 9.81 Å². The van der Waals surface area contributed by atoms with E-state index in [0.29, 0.717) is 0 Å². The van der Waals surface area contributed by atoms with Crippen molar-refractivity contribution in [3.05, 3.63) is 72.8 Å². The zero-order valence-electron chi connectivity index (χ0n) is 19.3. The molecule has 0 unspecified atom stereocenters. The first kappa shape index (κ1) is 27.9. The number of benzene rings is 3. The third-order valence-electron chi connectivity index (χ3n) is 3.93. The third-order valence-corrected chi connectivity index (χ3v) is 13.2. The first-order chi connectivity index (χ1) is 15.7. The van der Waals surface area contributed by atoms with Crippen LogP contribution in [0, 0.1) is 0 Å². The van der Waals surface area contributed by atoms with Crippen LogP contribution in [-0.4, -0.2) is 65.2 Å². The van der Waals surface area contributed by atoms with Crippen LogP contribution >= 0.6 is 0 Å². The normalized spacial score (nSPS) is 9.52. The van der Waals surface area contributed by atoms with E-state index in [2.05, 4.69) is 54.6 Å². The number of carboxylic acid groups (broad SMARTS) is 2. The van der Waals surface area contributed by atoms with Gasteiger partial charge < -0.3 is 10.2 Å². The summed E-state index contributed by atoms with van der Waals surface area (Å²) >= 11 is -2.48. The number of carboxylic acids is 2. The molecule has 3 aromatic carbocycles. The van der Waals surface area contributed by atoms with Crippen LogP contribution in [0.1, 0.15) is 13.8 Å². The van der Waals surface area contributed by atoms with E-state index < -0.39 is 33.7 Å².